The molecule has 1 saturated carbocycles. The van der Waals surface area contributed by atoms with Gasteiger partial charge in [-0.2, -0.15) is 0 Å². The summed E-state index contributed by atoms with van der Waals surface area (Å²) in [5.41, 5.74) is 2.22. The van der Waals surface area contributed by atoms with E-state index in [-0.39, 0.29) is 17.7 Å². The molecule has 1 aliphatic heterocycles. The average Bonchev–Trinajstić information content (AvgIpc) is 3.31. The van der Waals surface area contributed by atoms with Crippen molar-refractivity contribution in [2.75, 3.05) is 25.5 Å². The highest BCUT2D eigenvalue weighted by Gasteiger charge is 2.27. The van der Waals surface area contributed by atoms with Crippen LogP contribution in [0.2, 0.25) is 0 Å². The van der Waals surface area contributed by atoms with E-state index in [0.29, 0.717) is 5.92 Å². The van der Waals surface area contributed by atoms with Crippen LogP contribution in [-0.2, 0) is 0 Å². The third-order valence-electron chi connectivity index (χ3n) is 6.38. The standard InChI is InChI=1S/C25H32N2O4/c1-30-22-12-11-17(15-23(22)31-21-9-2-3-10-21)24(19-7-5-13-26-16-19)27-20-8-4-6-18(14-20)25(28)29/h4,6,8,11-12,14-15,19,21,24,26-27H,2-3,5,7,9-10,13,16H2,1H3,(H,28,29). The number of rotatable bonds is 8. The Bertz CT molecular complexity index is 889. The molecule has 31 heavy (non-hydrogen) atoms. The van der Waals surface area contributed by atoms with Crippen molar-refractivity contribution in [3.63, 3.8) is 0 Å². The Morgan fingerprint density at radius 1 is 1.10 bits per heavy atom. The van der Waals surface area contributed by atoms with E-state index in [1.165, 1.54) is 12.8 Å². The maximum absolute atomic E-state index is 11.4. The fourth-order valence-corrected chi connectivity index (χ4v) is 4.72. The fourth-order valence-electron chi connectivity index (χ4n) is 4.72. The van der Waals surface area contributed by atoms with Gasteiger partial charge in [-0.3, -0.25) is 0 Å². The first-order valence-corrected chi connectivity index (χ1v) is 11.3. The van der Waals surface area contributed by atoms with Gasteiger partial charge in [0.25, 0.3) is 0 Å². The molecule has 2 aliphatic rings. The van der Waals surface area contributed by atoms with Gasteiger partial charge < -0.3 is 25.2 Å². The van der Waals surface area contributed by atoms with E-state index < -0.39 is 5.97 Å². The topological polar surface area (TPSA) is 79.8 Å². The fraction of sp³-hybridized carbons (Fsp3) is 0.480. The molecule has 2 aromatic carbocycles. The van der Waals surface area contributed by atoms with Crippen LogP contribution in [0.1, 0.15) is 60.5 Å². The van der Waals surface area contributed by atoms with Crippen molar-refractivity contribution in [2.24, 2.45) is 5.92 Å². The van der Waals surface area contributed by atoms with Gasteiger partial charge in [0.1, 0.15) is 0 Å². The number of carboxylic acid groups (broad SMARTS) is 1. The van der Waals surface area contributed by atoms with Crippen LogP contribution in [0.15, 0.2) is 42.5 Å². The smallest absolute Gasteiger partial charge is 0.335 e. The van der Waals surface area contributed by atoms with Crippen LogP contribution in [0.3, 0.4) is 0 Å². The minimum Gasteiger partial charge on any atom is -0.493 e. The predicted molar refractivity (Wildman–Crippen MR) is 121 cm³/mol. The van der Waals surface area contributed by atoms with Crippen LogP contribution >= 0.6 is 0 Å². The Morgan fingerprint density at radius 3 is 2.65 bits per heavy atom. The van der Waals surface area contributed by atoms with Gasteiger partial charge in [-0.1, -0.05) is 12.1 Å². The average molecular weight is 425 g/mol. The summed E-state index contributed by atoms with van der Waals surface area (Å²) in [4.78, 5) is 11.4. The SMILES string of the molecule is COc1ccc(C(Nc2cccc(C(=O)O)c2)C2CCCNC2)cc1OC1CCCC1. The molecule has 2 fully saturated rings. The van der Waals surface area contributed by atoms with Crippen molar-refractivity contribution in [1.29, 1.82) is 0 Å². The lowest BCUT2D eigenvalue weighted by molar-refractivity contribution is 0.0697. The summed E-state index contributed by atoms with van der Waals surface area (Å²) >= 11 is 0. The number of anilines is 1. The van der Waals surface area contributed by atoms with Gasteiger partial charge in [0, 0.05) is 12.2 Å². The first kappa shape index (κ1) is 21.5. The third-order valence-corrected chi connectivity index (χ3v) is 6.38. The molecule has 0 aromatic heterocycles. The Morgan fingerprint density at radius 2 is 1.94 bits per heavy atom. The van der Waals surface area contributed by atoms with E-state index >= 15 is 0 Å². The van der Waals surface area contributed by atoms with E-state index in [1.54, 1.807) is 25.3 Å². The molecule has 1 aliphatic carbocycles. The van der Waals surface area contributed by atoms with Crippen molar-refractivity contribution in [1.82, 2.24) is 5.32 Å². The number of hydrogen-bond acceptors (Lipinski definition) is 5. The van der Waals surface area contributed by atoms with Gasteiger partial charge in [-0.15, -0.1) is 0 Å². The van der Waals surface area contributed by atoms with Gasteiger partial charge >= 0.3 is 5.97 Å². The van der Waals surface area contributed by atoms with Crippen LogP contribution in [0.4, 0.5) is 5.69 Å². The van der Waals surface area contributed by atoms with Crippen LogP contribution < -0.4 is 20.1 Å². The van der Waals surface area contributed by atoms with E-state index in [4.69, 9.17) is 9.47 Å². The molecule has 6 nitrogen and oxygen atoms in total. The molecule has 2 atom stereocenters. The summed E-state index contributed by atoms with van der Waals surface area (Å²) in [6, 6.07) is 13.2. The maximum Gasteiger partial charge on any atom is 0.335 e. The van der Waals surface area contributed by atoms with Gasteiger partial charge in [0.05, 0.1) is 24.8 Å². The summed E-state index contributed by atoms with van der Waals surface area (Å²) in [7, 11) is 1.68. The molecule has 0 radical (unpaired) electrons. The number of hydrogen-bond donors (Lipinski definition) is 3. The number of carboxylic acids is 1. The highest BCUT2D eigenvalue weighted by atomic mass is 16.5. The Labute approximate surface area is 184 Å². The number of aromatic carboxylic acids is 1. The molecule has 3 N–H and O–H groups in total. The number of carbonyl (C=O) groups is 1. The molecule has 2 unspecified atom stereocenters. The minimum absolute atomic E-state index is 0.0358. The van der Waals surface area contributed by atoms with Crippen molar-refractivity contribution < 1.29 is 19.4 Å². The number of benzene rings is 2. The molecule has 0 spiro atoms. The van der Waals surface area contributed by atoms with Crippen molar-refractivity contribution in [3.05, 3.63) is 53.6 Å². The van der Waals surface area contributed by atoms with Crippen LogP contribution in [-0.4, -0.2) is 37.4 Å². The molecule has 0 bridgehead atoms. The Kier molecular flexibility index (Phi) is 6.97. The van der Waals surface area contributed by atoms with Crippen LogP contribution in [0.25, 0.3) is 0 Å². The highest BCUT2D eigenvalue weighted by molar-refractivity contribution is 5.88. The zero-order valence-electron chi connectivity index (χ0n) is 18.1. The van der Waals surface area contributed by atoms with Gasteiger partial charge in [-0.05, 0) is 86.9 Å². The van der Waals surface area contributed by atoms with Gasteiger partial charge in [0.2, 0.25) is 0 Å². The lowest BCUT2D eigenvalue weighted by Gasteiger charge is -2.33. The summed E-state index contributed by atoms with van der Waals surface area (Å²) in [6.07, 6.45) is 7.08. The molecular weight excluding hydrogens is 392 g/mol. The second-order valence-corrected chi connectivity index (χ2v) is 8.55. The Balaban J connectivity index is 1.64. The van der Waals surface area contributed by atoms with Gasteiger partial charge in [-0.25, -0.2) is 4.79 Å². The predicted octanol–water partition coefficient (Wildman–Crippen LogP) is 4.87. The number of nitrogens with one attached hydrogen (secondary N) is 2. The van der Waals surface area contributed by atoms with Crippen LogP contribution in [0.5, 0.6) is 11.5 Å². The second kappa shape index (κ2) is 10.1. The lowest BCUT2D eigenvalue weighted by atomic mass is 9.86. The van der Waals surface area contributed by atoms with Gasteiger partial charge in [0.15, 0.2) is 11.5 Å². The van der Waals surface area contributed by atoms with Crippen molar-refractivity contribution in [3.8, 4) is 11.5 Å². The summed E-state index contributed by atoms with van der Waals surface area (Å²) in [5, 5.41) is 16.5. The van der Waals surface area contributed by atoms with Crippen molar-refractivity contribution >= 4 is 11.7 Å². The second-order valence-electron chi connectivity index (χ2n) is 8.55. The third kappa shape index (κ3) is 5.31. The van der Waals surface area contributed by atoms with E-state index in [2.05, 4.69) is 22.8 Å². The summed E-state index contributed by atoms with van der Waals surface area (Å²) in [5.74, 6) is 1.01. The maximum atomic E-state index is 11.4. The monoisotopic (exact) mass is 424 g/mol. The zero-order valence-corrected chi connectivity index (χ0v) is 18.1. The molecule has 2 aromatic rings. The Hall–Kier alpha value is -2.73. The normalized spacial score (nSPS) is 20.2. The van der Waals surface area contributed by atoms with E-state index in [0.717, 1.165) is 61.5 Å². The number of piperidine rings is 1. The molecule has 166 valence electrons. The minimum atomic E-state index is -0.920. The first-order chi connectivity index (χ1) is 15.1. The first-order valence-electron chi connectivity index (χ1n) is 11.3. The van der Waals surface area contributed by atoms with E-state index in [1.807, 2.05) is 12.1 Å². The quantitative estimate of drug-likeness (QED) is 0.561. The molecule has 0 amide bonds. The largest absolute Gasteiger partial charge is 0.493 e. The molecule has 4 rings (SSSR count). The molecule has 6 heteroatoms. The molecule has 1 heterocycles. The number of methoxy groups -OCH3 is 1. The van der Waals surface area contributed by atoms with Crippen molar-refractivity contribution in [2.45, 2.75) is 50.7 Å². The lowest BCUT2D eigenvalue weighted by Crippen LogP contribution is -2.36. The van der Waals surface area contributed by atoms with Crippen LogP contribution in [0, 0.1) is 5.92 Å². The summed E-state index contributed by atoms with van der Waals surface area (Å²) in [6.45, 7) is 1.96. The molecular formula is C25H32N2O4. The highest BCUT2D eigenvalue weighted by Crippen LogP contribution is 2.38. The molecule has 1 saturated heterocycles. The zero-order chi connectivity index (χ0) is 21.6. The summed E-state index contributed by atoms with van der Waals surface area (Å²) < 4.78 is 11.9. The number of ether oxygens (including phenoxy) is 2. The van der Waals surface area contributed by atoms with E-state index in [9.17, 15) is 9.90 Å².